The van der Waals surface area contributed by atoms with Gasteiger partial charge in [-0.15, -0.1) is 0 Å². The molecule has 0 bridgehead atoms. The minimum atomic E-state index is -1.17. The lowest BCUT2D eigenvalue weighted by Crippen LogP contribution is -2.66. The molecule has 0 unspecified atom stereocenters. The molecule has 1 aromatic carbocycles. The van der Waals surface area contributed by atoms with Crippen molar-refractivity contribution in [3.8, 4) is 0 Å². The highest BCUT2D eigenvalue weighted by molar-refractivity contribution is 6.30. The highest BCUT2D eigenvalue weighted by atomic mass is 35.5. The highest BCUT2D eigenvalue weighted by Gasteiger charge is 2.71. The van der Waals surface area contributed by atoms with Gasteiger partial charge in [0.1, 0.15) is 6.10 Å². The first-order chi connectivity index (χ1) is 27.1. The van der Waals surface area contributed by atoms with Crippen LogP contribution < -0.4 is 5.32 Å². The van der Waals surface area contributed by atoms with Crippen molar-refractivity contribution in [3.63, 3.8) is 0 Å². The second-order valence-corrected chi connectivity index (χ2v) is 22.6. The third kappa shape index (κ3) is 7.23. The number of aliphatic hydroxyl groups excluding tert-OH is 1. The van der Waals surface area contributed by atoms with Crippen molar-refractivity contribution in [2.45, 2.75) is 164 Å². The Labute approximate surface area is 353 Å². The average molecular weight is 822 g/mol. The molecule has 7 rings (SSSR count). The van der Waals surface area contributed by atoms with Crippen LogP contribution in [0.5, 0.6) is 0 Å². The van der Waals surface area contributed by atoms with E-state index in [0.29, 0.717) is 30.8 Å². The molecule has 1 aromatic rings. The predicted octanol–water partition coefficient (Wildman–Crippen LogP) is 9.65. The van der Waals surface area contributed by atoms with E-state index in [1.807, 2.05) is 12.1 Å². The van der Waals surface area contributed by atoms with E-state index in [1.165, 1.54) is 17.6 Å². The zero-order valence-electron chi connectivity index (χ0n) is 37.0. The van der Waals surface area contributed by atoms with Gasteiger partial charge in [0.25, 0.3) is 0 Å². The summed E-state index contributed by atoms with van der Waals surface area (Å²) in [7, 11) is 0. The van der Waals surface area contributed by atoms with Crippen molar-refractivity contribution in [2.75, 3.05) is 19.6 Å². The first-order valence-corrected chi connectivity index (χ1v) is 23.1. The van der Waals surface area contributed by atoms with Crippen LogP contribution in [0.3, 0.4) is 0 Å². The van der Waals surface area contributed by atoms with Crippen LogP contribution in [0.4, 0.5) is 0 Å². The van der Waals surface area contributed by atoms with Crippen LogP contribution in [0.2, 0.25) is 5.02 Å². The standard InChI is InChI=1S/C49H73ClN2O6/c1-30(2)41-35(53)25-49(38(54)29-52(28-33-11-10-24-51-33)27-31-12-14-32(50)15-13-31)23-22-47(8)34(42(41)49)16-17-37-46(7)20-19-39(58-40(55)26-44(3,4)43(56)57)45(5,6)36(46)18-21-48(37,47)9/h12-15,30,33-34,36-39,51,54H,10-11,16-29H2,1-9H3,(H,56,57)/t33-,34-,36+,37-,38-,39+,46+,47-,48-,49+/m1/s1. The van der Waals surface area contributed by atoms with E-state index in [4.69, 9.17) is 16.3 Å². The number of hydrogen-bond acceptors (Lipinski definition) is 7. The van der Waals surface area contributed by atoms with Crippen LogP contribution in [0.25, 0.3) is 0 Å². The molecule has 58 heavy (non-hydrogen) atoms. The number of esters is 1. The number of carboxylic acid groups (broad SMARTS) is 1. The topological polar surface area (TPSA) is 116 Å². The Balaban J connectivity index is 1.16. The minimum absolute atomic E-state index is 0.0279. The maximum atomic E-state index is 14.4. The Morgan fingerprint density at radius 2 is 1.66 bits per heavy atom. The lowest BCUT2D eigenvalue weighted by Gasteiger charge is -2.72. The highest BCUT2D eigenvalue weighted by Crippen LogP contribution is 2.77. The van der Waals surface area contributed by atoms with E-state index in [1.54, 1.807) is 13.8 Å². The number of rotatable bonds is 12. The Bertz CT molecular complexity index is 1780. The Hall–Kier alpha value is -2.26. The summed E-state index contributed by atoms with van der Waals surface area (Å²) in [5, 5.41) is 26.9. The van der Waals surface area contributed by atoms with Crippen LogP contribution in [-0.4, -0.2) is 70.7 Å². The van der Waals surface area contributed by atoms with E-state index >= 15 is 0 Å². The monoisotopic (exact) mass is 821 g/mol. The van der Waals surface area contributed by atoms with Gasteiger partial charge in [-0.1, -0.05) is 77.8 Å². The van der Waals surface area contributed by atoms with Gasteiger partial charge in [-0.05, 0) is 148 Å². The molecule has 1 saturated heterocycles. The number of aliphatic carboxylic acids is 1. The molecule has 1 heterocycles. The molecule has 1 aliphatic heterocycles. The van der Waals surface area contributed by atoms with Gasteiger partial charge < -0.3 is 20.3 Å². The average Bonchev–Trinajstić information content (AvgIpc) is 3.76. The minimum Gasteiger partial charge on any atom is -0.481 e. The molecule has 322 valence electrons. The van der Waals surface area contributed by atoms with Gasteiger partial charge in [-0.2, -0.15) is 0 Å². The number of halogens is 1. The number of fused-ring (bicyclic) bond motifs is 7. The Kier molecular flexibility index (Phi) is 11.8. The Morgan fingerprint density at radius 3 is 2.29 bits per heavy atom. The smallest absolute Gasteiger partial charge is 0.309 e. The predicted molar refractivity (Wildman–Crippen MR) is 229 cm³/mol. The summed E-state index contributed by atoms with van der Waals surface area (Å²) in [5.74, 6) is 0.0279. The van der Waals surface area contributed by atoms with E-state index < -0.39 is 28.9 Å². The number of benzene rings is 1. The normalized spacial score (nSPS) is 37.6. The number of carboxylic acids is 1. The number of Topliss-reactive ketones (excluding diaryl/α,β-unsaturated/α-hetero) is 1. The van der Waals surface area contributed by atoms with Crippen LogP contribution in [0.15, 0.2) is 35.4 Å². The van der Waals surface area contributed by atoms with Crippen molar-refractivity contribution < 1.29 is 29.3 Å². The summed E-state index contributed by atoms with van der Waals surface area (Å²) in [6.45, 7) is 22.9. The van der Waals surface area contributed by atoms with Crippen molar-refractivity contribution >= 4 is 29.3 Å². The van der Waals surface area contributed by atoms with Gasteiger partial charge in [0.2, 0.25) is 0 Å². The lowest BCUT2D eigenvalue weighted by atomic mass is 9.33. The number of ketones is 1. The molecular formula is C49H73ClN2O6. The molecule has 10 atom stereocenters. The lowest BCUT2D eigenvalue weighted by molar-refractivity contribution is -0.235. The number of nitrogens with zero attached hydrogens (tertiary/aromatic N) is 1. The van der Waals surface area contributed by atoms with Gasteiger partial charge in [0, 0.05) is 47.9 Å². The number of nitrogens with one attached hydrogen (secondary N) is 1. The maximum Gasteiger partial charge on any atom is 0.309 e. The maximum absolute atomic E-state index is 14.4. The molecule has 4 saturated carbocycles. The molecule has 0 amide bonds. The van der Waals surface area contributed by atoms with Gasteiger partial charge in [-0.25, -0.2) is 0 Å². The third-order valence-electron chi connectivity index (χ3n) is 17.9. The first kappa shape index (κ1) is 43.8. The van der Waals surface area contributed by atoms with Gasteiger partial charge in [0.05, 0.1) is 17.9 Å². The first-order valence-electron chi connectivity index (χ1n) is 22.7. The second kappa shape index (κ2) is 15.6. The summed E-state index contributed by atoms with van der Waals surface area (Å²) < 4.78 is 6.20. The van der Waals surface area contributed by atoms with Crippen LogP contribution >= 0.6 is 11.6 Å². The molecule has 3 N–H and O–H groups in total. The summed E-state index contributed by atoms with van der Waals surface area (Å²) in [4.78, 5) is 41.8. The van der Waals surface area contributed by atoms with Gasteiger partial charge in [-0.3, -0.25) is 19.3 Å². The zero-order chi connectivity index (χ0) is 42.2. The van der Waals surface area contributed by atoms with Crippen molar-refractivity contribution in [1.29, 1.82) is 0 Å². The molecule has 9 heteroatoms. The molecule has 0 aromatic heterocycles. The number of carbonyl (C=O) groups excluding carboxylic acids is 2. The molecule has 5 fully saturated rings. The molecule has 0 spiro atoms. The van der Waals surface area contributed by atoms with E-state index in [0.717, 1.165) is 88.0 Å². The van der Waals surface area contributed by atoms with E-state index in [9.17, 15) is 24.6 Å². The third-order valence-corrected chi connectivity index (χ3v) is 18.1. The fraction of sp³-hybridized carbons (Fsp3) is 0.776. The number of ether oxygens (including phenoxy) is 1. The van der Waals surface area contributed by atoms with Crippen molar-refractivity contribution in [3.05, 3.63) is 46.0 Å². The second-order valence-electron chi connectivity index (χ2n) is 22.2. The fourth-order valence-corrected chi connectivity index (χ4v) is 14.7. The fourth-order valence-electron chi connectivity index (χ4n) is 14.6. The van der Waals surface area contributed by atoms with Crippen LogP contribution in [0.1, 0.15) is 145 Å². The SMILES string of the molecule is CC(C)C1=C2[C@H]3CC[C@@H]4[C@@]5(C)CC[C@H](OC(=O)CC(C)(C)C(=O)O)C(C)(C)[C@@H]5CC[C@@]4(C)[C@]3(C)CC[C@@]2([C@H](O)CN(Cc2ccc(Cl)cc2)C[C@H]2CCCN2)CC1=O. The summed E-state index contributed by atoms with van der Waals surface area (Å²) in [5.41, 5.74) is 1.59. The zero-order valence-corrected chi connectivity index (χ0v) is 37.8. The van der Waals surface area contributed by atoms with Crippen molar-refractivity contribution in [1.82, 2.24) is 10.2 Å². The van der Waals surface area contributed by atoms with Crippen LogP contribution in [0, 0.1) is 56.2 Å². The number of hydrogen-bond donors (Lipinski definition) is 3. The summed E-state index contributed by atoms with van der Waals surface area (Å²) in [6.07, 6.45) is 9.49. The summed E-state index contributed by atoms with van der Waals surface area (Å²) in [6, 6.07) is 8.47. The number of allylic oxidation sites excluding steroid dienone is 1. The molecule has 0 radical (unpaired) electrons. The van der Waals surface area contributed by atoms with E-state index in [2.05, 4.69) is 70.8 Å². The Morgan fingerprint density at radius 1 is 0.948 bits per heavy atom. The largest absolute Gasteiger partial charge is 0.481 e. The van der Waals surface area contributed by atoms with Crippen molar-refractivity contribution in [2.24, 2.45) is 56.2 Å². The van der Waals surface area contributed by atoms with Gasteiger partial charge >= 0.3 is 11.9 Å². The van der Waals surface area contributed by atoms with E-state index in [-0.39, 0.29) is 51.8 Å². The summed E-state index contributed by atoms with van der Waals surface area (Å²) >= 11 is 6.27. The van der Waals surface area contributed by atoms with Gasteiger partial charge in [0.15, 0.2) is 5.78 Å². The molecular weight excluding hydrogens is 748 g/mol. The van der Waals surface area contributed by atoms with Crippen LogP contribution in [-0.2, 0) is 25.7 Å². The number of carbonyl (C=O) groups is 3. The number of aliphatic hydroxyl groups is 1. The quantitative estimate of drug-likeness (QED) is 0.179. The molecule has 5 aliphatic carbocycles. The molecule has 6 aliphatic rings. The molecule has 8 nitrogen and oxygen atoms in total.